The van der Waals surface area contributed by atoms with Crippen molar-refractivity contribution < 1.29 is 19.7 Å². The molecule has 1 aromatic rings. The van der Waals surface area contributed by atoms with Crippen molar-refractivity contribution in [3.8, 4) is 5.75 Å². The monoisotopic (exact) mass is 260 g/mol. The Kier molecular flexibility index (Phi) is 3.49. The van der Waals surface area contributed by atoms with E-state index >= 15 is 0 Å². The maximum absolute atomic E-state index is 11.0. The van der Waals surface area contributed by atoms with Crippen LogP contribution in [0.25, 0.3) is 0 Å². The largest absolute Gasteiger partial charge is 0.508 e. The van der Waals surface area contributed by atoms with Gasteiger partial charge in [0.25, 0.3) is 0 Å². The second-order valence-corrected chi connectivity index (χ2v) is 3.49. The summed E-state index contributed by atoms with van der Waals surface area (Å²) in [6.45, 7) is 0. The highest BCUT2D eigenvalue weighted by molar-refractivity contribution is 9.10. The van der Waals surface area contributed by atoms with Crippen LogP contribution in [0, 0.1) is 0 Å². The van der Waals surface area contributed by atoms with Gasteiger partial charge in [0.15, 0.2) is 6.10 Å². The zero-order chi connectivity index (χ0) is 10.7. The molecule has 0 aromatic heterocycles. The normalized spacial score (nSPS) is 12.2. The Morgan fingerprint density at radius 1 is 1.57 bits per heavy atom. The zero-order valence-electron chi connectivity index (χ0n) is 7.40. The molecule has 14 heavy (non-hydrogen) atoms. The second kappa shape index (κ2) is 4.43. The van der Waals surface area contributed by atoms with Gasteiger partial charge in [-0.05, 0) is 18.2 Å². The van der Waals surface area contributed by atoms with E-state index in [-0.39, 0.29) is 11.3 Å². The van der Waals surface area contributed by atoms with Gasteiger partial charge in [0.2, 0.25) is 0 Å². The molecule has 0 saturated carbocycles. The predicted octanol–water partition coefficient (Wildman–Crippen LogP) is 1.36. The molecule has 2 N–H and O–H groups in total. The Balaban J connectivity index is 3.05. The minimum atomic E-state index is -1.39. The number of aliphatic hydroxyl groups excluding tert-OH is 1. The first-order valence-corrected chi connectivity index (χ1v) is 4.60. The molecule has 0 amide bonds. The summed E-state index contributed by atoms with van der Waals surface area (Å²) >= 11 is 3.15. The smallest absolute Gasteiger partial charge is 0.339 e. The van der Waals surface area contributed by atoms with Crippen molar-refractivity contribution in [2.24, 2.45) is 0 Å². The number of phenolic OH excluding ortho intramolecular Hbond substituents is 1. The third-order valence-electron chi connectivity index (χ3n) is 1.70. The van der Waals surface area contributed by atoms with Gasteiger partial charge in [-0.25, -0.2) is 4.79 Å². The first kappa shape index (κ1) is 11.0. The first-order valence-electron chi connectivity index (χ1n) is 3.80. The molecule has 0 spiro atoms. The minimum Gasteiger partial charge on any atom is -0.508 e. The Bertz CT molecular complexity index is 351. The molecule has 0 saturated heterocycles. The molecule has 0 aliphatic rings. The lowest BCUT2D eigenvalue weighted by Crippen LogP contribution is -2.13. The molecule has 0 aliphatic carbocycles. The number of benzene rings is 1. The van der Waals surface area contributed by atoms with E-state index in [1.807, 2.05) is 0 Å². The SMILES string of the molecule is COC(=O)C(O)c1cc(O)ccc1Br. The molecular formula is C9H9BrO4. The van der Waals surface area contributed by atoms with Gasteiger partial charge in [-0.2, -0.15) is 0 Å². The molecule has 0 fully saturated rings. The van der Waals surface area contributed by atoms with Crippen LogP contribution in [0.2, 0.25) is 0 Å². The highest BCUT2D eigenvalue weighted by Gasteiger charge is 2.20. The van der Waals surface area contributed by atoms with Crippen LogP contribution < -0.4 is 0 Å². The van der Waals surface area contributed by atoms with E-state index in [0.29, 0.717) is 4.47 Å². The number of carbonyl (C=O) groups is 1. The maximum Gasteiger partial charge on any atom is 0.339 e. The van der Waals surface area contributed by atoms with Crippen molar-refractivity contribution in [2.75, 3.05) is 7.11 Å². The van der Waals surface area contributed by atoms with Crippen LogP contribution in [0.3, 0.4) is 0 Å². The van der Waals surface area contributed by atoms with Gasteiger partial charge >= 0.3 is 5.97 Å². The highest BCUT2D eigenvalue weighted by atomic mass is 79.9. The number of methoxy groups -OCH3 is 1. The van der Waals surface area contributed by atoms with Crippen LogP contribution in [0.5, 0.6) is 5.75 Å². The molecule has 1 atom stereocenters. The molecule has 0 aliphatic heterocycles. The first-order chi connectivity index (χ1) is 6.56. The Labute approximate surface area is 89.3 Å². The summed E-state index contributed by atoms with van der Waals surface area (Å²) in [4.78, 5) is 11.0. The van der Waals surface area contributed by atoms with E-state index in [0.717, 1.165) is 0 Å². The number of ether oxygens (including phenoxy) is 1. The lowest BCUT2D eigenvalue weighted by atomic mass is 10.1. The van der Waals surface area contributed by atoms with E-state index in [9.17, 15) is 9.90 Å². The fourth-order valence-corrected chi connectivity index (χ4v) is 1.44. The van der Waals surface area contributed by atoms with Crippen LogP contribution >= 0.6 is 15.9 Å². The summed E-state index contributed by atoms with van der Waals surface area (Å²) in [7, 11) is 1.18. The summed E-state index contributed by atoms with van der Waals surface area (Å²) in [5.41, 5.74) is 0.275. The fourth-order valence-electron chi connectivity index (χ4n) is 0.979. The van der Waals surface area contributed by atoms with Gasteiger partial charge in [-0.1, -0.05) is 15.9 Å². The van der Waals surface area contributed by atoms with Crippen molar-refractivity contribution in [1.82, 2.24) is 0 Å². The number of hydrogen-bond acceptors (Lipinski definition) is 4. The van der Waals surface area contributed by atoms with E-state index in [1.165, 1.54) is 25.3 Å². The number of aliphatic hydroxyl groups is 1. The van der Waals surface area contributed by atoms with Crippen LogP contribution in [0.4, 0.5) is 0 Å². The molecule has 1 rings (SSSR count). The summed E-state index contributed by atoms with van der Waals surface area (Å²) in [6.07, 6.45) is -1.39. The summed E-state index contributed by atoms with van der Waals surface area (Å²) in [5.74, 6) is -0.789. The fraction of sp³-hybridized carbons (Fsp3) is 0.222. The molecule has 0 radical (unpaired) electrons. The quantitative estimate of drug-likeness (QED) is 0.789. The van der Waals surface area contributed by atoms with E-state index in [1.54, 1.807) is 0 Å². The molecule has 76 valence electrons. The third kappa shape index (κ3) is 2.24. The van der Waals surface area contributed by atoms with Gasteiger partial charge < -0.3 is 14.9 Å². The highest BCUT2D eigenvalue weighted by Crippen LogP contribution is 2.27. The van der Waals surface area contributed by atoms with Gasteiger partial charge in [0.1, 0.15) is 5.75 Å². The number of phenols is 1. The molecule has 1 unspecified atom stereocenters. The van der Waals surface area contributed by atoms with Crippen LogP contribution in [-0.2, 0) is 9.53 Å². The maximum atomic E-state index is 11.0. The van der Waals surface area contributed by atoms with Crippen LogP contribution in [0.15, 0.2) is 22.7 Å². The van der Waals surface area contributed by atoms with Crippen LogP contribution in [-0.4, -0.2) is 23.3 Å². The van der Waals surface area contributed by atoms with E-state index in [4.69, 9.17) is 5.11 Å². The van der Waals surface area contributed by atoms with Gasteiger partial charge in [0.05, 0.1) is 7.11 Å². The average molecular weight is 261 g/mol. The lowest BCUT2D eigenvalue weighted by molar-refractivity contribution is -0.150. The van der Waals surface area contributed by atoms with E-state index in [2.05, 4.69) is 20.7 Å². The number of aromatic hydroxyl groups is 1. The van der Waals surface area contributed by atoms with Gasteiger partial charge in [-0.3, -0.25) is 0 Å². The Morgan fingerprint density at radius 3 is 2.79 bits per heavy atom. The van der Waals surface area contributed by atoms with Crippen molar-refractivity contribution in [2.45, 2.75) is 6.10 Å². The number of esters is 1. The van der Waals surface area contributed by atoms with Gasteiger partial charge in [-0.15, -0.1) is 0 Å². The average Bonchev–Trinajstić information content (AvgIpc) is 2.19. The lowest BCUT2D eigenvalue weighted by Gasteiger charge is -2.10. The molecule has 5 heteroatoms. The zero-order valence-corrected chi connectivity index (χ0v) is 8.98. The second-order valence-electron chi connectivity index (χ2n) is 2.63. The summed E-state index contributed by atoms with van der Waals surface area (Å²) < 4.78 is 4.91. The predicted molar refractivity (Wildman–Crippen MR) is 52.8 cm³/mol. The van der Waals surface area contributed by atoms with Gasteiger partial charge in [0, 0.05) is 10.0 Å². The topological polar surface area (TPSA) is 66.8 Å². The minimum absolute atomic E-state index is 0.0221. The Hall–Kier alpha value is -1.07. The number of halogens is 1. The molecule has 0 bridgehead atoms. The van der Waals surface area contributed by atoms with E-state index < -0.39 is 12.1 Å². The van der Waals surface area contributed by atoms with Crippen molar-refractivity contribution >= 4 is 21.9 Å². The van der Waals surface area contributed by atoms with Crippen molar-refractivity contribution in [1.29, 1.82) is 0 Å². The summed E-state index contributed by atoms with van der Waals surface area (Å²) in [6, 6.07) is 4.28. The van der Waals surface area contributed by atoms with Crippen LogP contribution in [0.1, 0.15) is 11.7 Å². The summed E-state index contributed by atoms with van der Waals surface area (Å²) in [5, 5.41) is 18.6. The Morgan fingerprint density at radius 2 is 2.21 bits per heavy atom. The van der Waals surface area contributed by atoms with Crippen molar-refractivity contribution in [3.63, 3.8) is 0 Å². The molecular weight excluding hydrogens is 252 g/mol. The number of hydrogen-bond donors (Lipinski definition) is 2. The molecule has 4 nitrogen and oxygen atoms in total. The number of rotatable bonds is 2. The molecule has 1 aromatic carbocycles. The standard InChI is InChI=1S/C9H9BrO4/c1-14-9(13)8(12)6-4-5(11)2-3-7(6)10/h2-4,8,11-12H,1H3. The molecule has 0 heterocycles. The number of carbonyl (C=O) groups excluding carboxylic acids is 1. The third-order valence-corrected chi connectivity index (χ3v) is 2.42. The van der Waals surface area contributed by atoms with Crippen molar-refractivity contribution in [3.05, 3.63) is 28.2 Å².